The molecular formula is C11H14ClFN2O2. The number of amides is 1. The van der Waals surface area contributed by atoms with Gasteiger partial charge in [0.15, 0.2) is 0 Å². The number of aliphatic hydroxyl groups is 1. The summed E-state index contributed by atoms with van der Waals surface area (Å²) in [7, 11) is 0. The van der Waals surface area contributed by atoms with E-state index in [9.17, 15) is 9.18 Å². The SMILES string of the molecule is CC(C)[C@@H](CO)NC(=O)c1cnc(F)c(Cl)c1. The van der Waals surface area contributed by atoms with Crippen molar-refractivity contribution in [1.29, 1.82) is 0 Å². The molecule has 1 atom stereocenters. The van der Waals surface area contributed by atoms with Crippen LogP contribution in [0.15, 0.2) is 12.3 Å². The third kappa shape index (κ3) is 3.64. The van der Waals surface area contributed by atoms with Crippen LogP contribution in [0.5, 0.6) is 0 Å². The average molecular weight is 261 g/mol. The highest BCUT2D eigenvalue weighted by Gasteiger charge is 2.17. The first-order valence-electron chi connectivity index (χ1n) is 5.18. The van der Waals surface area contributed by atoms with Gasteiger partial charge < -0.3 is 10.4 Å². The first-order chi connectivity index (χ1) is 7.95. The predicted octanol–water partition coefficient (Wildman–Crippen LogP) is 1.62. The smallest absolute Gasteiger partial charge is 0.253 e. The first-order valence-corrected chi connectivity index (χ1v) is 5.56. The monoisotopic (exact) mass is 260 g/mol. The minimum Gasteiger partial charge on any atom is -0.394 e. The van der Waals surface area contributed by atoms with Gasteiger partial charge in [0.2, 0.25) is 5.95 Å². The van der Waals surface area contributed by atoms with Crippen molar-refractivity contribution in [3.05, 3.63) is 28.8 Å². The summed E-state index contributed by atoms with van der Waals surface area (Å²) in [6.07, 6.45) is 1.10. The molecule has 0 aliphatic heterocycles. The molecule has 0 saturated carbocycles. The molecule has 1 aromatic heterocycles. The summed E-state index contributed by atoms with van der Waals surface area (Å²) in [6, 6.07) is 0.847. The molecule has 1 rings (SSSR count). The number of carbonyl (C=O) groups excluding carboxylic acids is 1. The third-order valence-electron chi connectivity index (χ3n) is 2.38. The molecule has 17 heavy (non-hydrogen) atoms. The summed E-state index contributed by atoms with van der Waals surface area (Å²) >= 11 is 5.52. The van der Waals surface area contributed by atoms with Crippen molar-refractivity contribution in [3.63, 3.8) is 0 Å². The van der Waals surface area contributed by atoms with E-state index in [4.69, 9.17) is 16.7 Å². The fourth-order valence-electron chi connectivity index (χ4n) is 1.22. The minimum absolute atomic E-state index is 0.0906. The molecule has 4 nitrogen and oxygen atoms in total. The van der Waals surface area contributed by atoms with Crippen molar-refractivity contribution in [2.24, 2.45) is 5.92 Å². The van der Waals surface area contributed by atoms with E-state index in [0.717, 1.165) is 6.20 Å². The van der Waals surface area contributed by atoms with Gasteiger partial charge in [-0.05, 0) is 12.0 Å². The maximum absolute atomic E-state index is 12.8. The van der Waals surface area contributed by atoms with Crippen LogP contribution in [-0.4, -0.2) is 28.6 Å². The molecule has 0 saturated heterocycles. The van der Waals surface area contributed by atoms with Gasteiger partial charge >= 0.3 is 0 Å². The summed E-state index contributed by atoms with van der Waals surface area (Å²) < 4.78 is 12.8. The van der Waals surface area contributed by atoms with Gasteiger partial charge in [-0.3, -0.25) is 4.79 Å². The van der Waals surface area contributed by atoms with Crippen LogP contribution >= 0.6 is 11.6 Å². The highest BCUT2D eigenvalue weighted by atomic mass is 35.5. The highest BCUT2D eigenvalue weighted by Crippen LogP contribution is 2.13. The summed E-state index contributed by atoms with van der Waals surface area (Å²) in [5, 5.41) is 11.5. The molecule has 0 aromatic carbocycles. The number of nitrogens with zero attached hydrogens (tertiary/aromatic N) is 1. The highest BCUT2D eigenvalue weighted by molar-refractivity contribution is 6.30. The second-order valence-electron chi connectivity index (χ2n) is 4.00. The molecule has 0 unspecified atom stereocenters. The van der Waals surface area contributed by atoms with Crippen LogP contribution in [0.2, 0.25) is 5.02 Å². The topological polar surface area (TPSA) is 62.2 Å². The van der Waals surface area contributed by atoms with Crippen LogP contribution in [0.3, 0.4) is 0 Å². The number of carbonyl (C=O) groups is 1. The number of aliphatic hydroxyl groups excluding tert-OH is 1. The Morgan fingerprint density at radius 2 is 2.29 bits per heavy atom. The van der Waals surface area contributed by atoms with Crippen molar-refractivity contribution in [2.45, 2.75) is 19.9 Å². The Balaban J connectivity index is 2.79. The van der Waals surface area contributed by atoms with Crippen molar-refractivity contribution in [2.75, 3.05) is 6.61 Å². The molecule has 0 radical (unpaired) electrons. The molecule has 1 aromatic rings. The Morgan fingerprint density at radius 3 is 2.76 bits per heavy atom. The fourth-order valence-corrected chi connectivity index (χ4v) is 1.39. The zero-order chi connectivity index (χ0) is 13.0. The Hall–Kier alpha value is -1.20. The van der Waals surface area contributed by atoms with E-state index in [2.05, 4.69) is 10.3 Å². The van der Waals surface area contributed by atoms with Crippen LogP contribution in [0.4, 0.5) is 4.39 Å². The molecule has 1 amide bonds. The van der Waals surface area contributed by atoms with Crippen molar-refractivity contribution in [1.82, 2.24) is 10.3 Å². The summed E-state index contributed by atoms with van der Waals surface area (Å²) in [6.45, 7) is 3.58. The zero-order valence-corrected chi connectivity index (χ0v) is 10.3. The molecule has 94 valence electrons. The molecular weight excluding hydrogens is 247 g/mol. The van der Waals surface area contributed by atoms with E-state index >= 15 is 0 Å². The lowest BCUT2D eigenvalue weighted by molar-refractivity contribution is 0.0896. The largest absolute Gasteiger partial charge is 0.394 e. The zero-order valence-electron chi connectivity index (χ0n) is 9.58. The number of aromatic nitrogens is 1. The van der Waals surface area contributed by atoms with Gasteiger partial charge in [-0.25, -0.2) is 4.98 Å². The molecule has 2 N–H and O–H groups in total. The molecule has 0 fully saturated rings. The maximum Gasteiger partial charge on any atom is 0.253 e. The standard InChI is InChI=1S/C11H14ClFN2O2/c1-6(2)9(5-16)15-11(17)7-3-8(12)10(13)14-4-7/h3-4,6,9,16H,5H2,1-2H3,(H,15,17)/t9-/m1/s1. The van der Waals surface area contributed by atoms with Crippen LogP contribution in [-0.2, 0) is 0 Å². The quantitative estimate of drug-likeness (QED) is 0.809. The van der Waals surface area contributed by atoms with Gasteiger partial charge in [0.1, 0.15) is 0 Å². The van der Waals surface area contributed by atoms with Crippen molar-refractivity contribution >= 4 is 17.5 Å². The van der Waals surface area contributed by atoms with Gasteiger partial charge in [-0.15, -0.1) is 0 Å². The fraction of sp³-hybridized carbons (Fsp3) is 0.455. The molecule has 6 heteroatoms. The number of pyridine rings is 1. The van der Waals surface area contributed by atoms with E-state index in [1.54, 1.807) is 0 Å². The summed E-state index contributed by atoms with van der Waals surface area (Å²) in [5.41, 5.74) is 0.163. The number of hydrogen-bond acceptors (Lipinski definition) is 3. The molecule has 0 aliphatic carbocycles. The number of rotatable bonds is 4. The van der Waals surface area contributed by atoms with Gasteiger partial charge in [-0.2, -0.15) is 4.39 Å². The van der Waals surface area contributed by atoms with E-state index in [1.807, 2.05) is 13.8 Å². The average Bonchev–Trinajstić information content (AvgIpc) is 2.28. The van der Waals surface area contributed by atoms with Gasteiger partial charge in [0, 0.05) is 6.20 Å². The second kappa shape index (κ2) is 5.93. The van der Waals surface area contributed by atoms with Crippen LogP contribution < -0.4 is 5.32 Å². The Bertz CT molecular complexity index is 412. The number of nitrogens with one attached hydrogen (secondary N) is 1. The van der Waals surface area contributed by atoms with Gasteiger partial charge in [-0.1, -0.05) is 25.4 Å². The van der Waals surface area contributed by atoms with Crippen LogP contribution in [0.25, 0.3) is 0 Å². The minimum atomic E-state index is -0.814. The van der Waals surface area contributed by atoms with Crippen LogP contribution in [0, 0.1) is 11.9 Å². The van der Waals surface area contributed by atoms with Gasteiger partial charge in [0.05, 0.1) is 23.2 Å². The molecule has 1 heterocycles. The second-order valence-corrected chi connectivity index (χ2v) is 4.41. The lowest BCUT2D eigenvalue weighted by atomic mass is 10.1. The predicted molar refractivity (Wildman–Crippen MR) is 62.4 cm³/mol. The number of hydrogen-bond donors (Lipinski definition) is 2. The molecule has 0 spiro atoms. The Labute approximate surface area is 104 Å². The van der Waals surface area contributed by atoms with E-state index in [-0.39, 0.29) is 29.2 Å². The third-order valence-corrected chi connectivity index (χ3v) is 2.64. The first kappa shape index (κ1) is 13.9. The van der Waals surface area contributed by atoms with Gasteiger partial charge in [0.25, 0.3) is 5.91 Å². The van der Waals surface area contributed by atoms with Crippen molar-refractivity contribution in [3.8, 4) is 0 Å². The summed E-state index contributed by atoms with van der Waals surface area (Å²) in [5.74, 6) is -1.16. The lowest BCUT2D eigenvalue weighted by Crippen LogP contribution is -2.41. The van der Waals surface area contributed by atoms with Crippen molar-refractivity contribution < 1.29 is 14.3 Å². The van der Waals surface area contributed by atoms with Crippen LogP contribution in [0.1, 0.15) is 24.2 Å². The summed E-state index contributed by atoms with van der Waals surface area (Å²) in [4.78, 5) is 15.1. The van der Waals surface area contributed by atoms with E-state index < -0.39 is 11.9 Å². The lowest BCUT2D eigenvalue weighted by Gasteiger charge is -2.19. The number of halogens is 2. The normalized spacial score (nSPS) is 12.6. The maximum atomic E-state index is 12.8. The molecule has 0 aliphatic rings. The molecule has 0 bridgehead atoms. The van der Waals surface area contributed by atoms with E-state index in [0.29, 0.717) is 0 Å². The van der Waals surface area contributed by atoms with E-state index in [1.165, 1.54) is 6.07 Å². The Morgan fingerprint density at radius 1 is 1.65 bits per heavy atom. The Kier molecular flexibility index (Phi) is 4.84.